The number of methoxy groups -OCH3 is 1. The molecule has 2 N–H and O–H groups in total. The lowest BCUT2D eigenvalue weighted by molar-refractivity contribution is -0.140. The average molecular weight is 224 g/mol. The molecule has 0 aliphatic heterocycles. The summed E-state index contributed by atoms with van der Waals surface area (Å²) in [6.07, 6.45) is 0.843. The molecule has 0 spiro atoms. The van der Waals surface area contributed by atoms with Crippen LogP contribution in [-0.2, 0) is 9.53 Å². The van der Waals surface area contributed by atoms with Crippen LogP contribution in [0.4, 0.5) is 0 Å². The zero-order valence-electron chi connectivity index (χ0n) is 8.40. The second kappa shape index (κ2) is 5.49. The van der Waals surface area contributed by atoms with Gasteiger partial charge in [0, 0.05) is 22.7 Å². The highest BCUT2D eigenvalue weighted by molar-refractivity contribution is 7.10. The number of thiophene rings is 1. The molecule has 0 saturated carbocycles. The normalized spacial score (nSPS) is 11.8. The third-order valence-electron chi connectivity index (χ3n) is 2.00. The molecule has 80 valence electrons. The van der Waals surface area contributed by atoms with Crippen LogP contribution in [0.5, 0.6) is 0 Å². The van der Waals surface area contributed by atoms with Crippen LogP contribution in [0.3, 0.4) is 0 Å². The van der Waals surface area contributed by atoms with Crippen molar-refractivity contribution >= 4 is 17.3 Å². The van der Waals surface area contributed by atoms with Gasteiger partial charge in [0.15, 0.2) is 0 Å². The number of nitrogens with two attached hydrogens (primary N) is 1. The van der Waals surface area contributed by atoms with Crippen molar-refractivity contribution in [2.75, 3.05) is 7.11 Å². The van der Waals surface area contributed by atoms with Gasteiger partial charge in [-0.1, -0.05) is 0 Å². The number of esters is 1. The smallest absolute Gasteiger partial charge is 0.305 e. The number of rotatable bonds is 4. The van der Waals surface area contributed by atoms with E-state index in [-0.39, 0.29) is 12.0 Å². The Morgan fingerprint density at radius 1 is 1.80 bits per heavy atom. The van der Waals surface area contributed by atoms with Crippen LogP contribution in [0.15, 0.2) is 11.4 Å². The van der Waals surface area contributed by atoms with E-state index in [1.807, 2.05) is 6.07 Å². The summed E-state index contributed by atoms with van der Waals surface area (Å²) in [6, 6.07) is 3.60. The molecule has 0 amide bonds. The number of carbonyl (C=O) groups excluding carboxylic acids is 1. The second-order valence-corrected chi connectivity index (χ2v) is 4.01. The summed E-state index contributed by atoms with van der Waals surface area (Å²) in [5.41, 5.74) is 6.47. The Balaban J connectivity index is 2.50. The Bertz CT molecular complexity index is 381. The van der Waals surface area contributed by atoms with E-state index >= 15 is 0 Å². The molecule has 1 unspecified atom stereocenters. The number of nitriles is 1. The average Bonchev–Trinajstić information content (AvgIpc) is 2.73. The maximum absolute atomic E-state index is 10.9. The first-order chi connectivity index (χ1) is 7.17. The molecule has 5 heteroatoms. The number of ether oxygens (including phenoxy) is 1. The van der Waals surface area contributed by atoms with Crippen molar-refractivity contribution in [3.8, 4) is 6.07 Å². The third kappa shape index (κ3) is 3.35. The van der Waals surface area contributed by atoms with Crippen molar-refractivity contribution in [2.24, 2.45) is 5.73 Å². The van der Waals surface area contributed by atoms with Gasteiger partial charge in [-0.2, -0.15) is 5.26 Å². The molecule has 0 aliphatic carbocycles. The van der Waals surface area contributed by atoms with Crippen LogP contribution in [0.25, 0.3) is 0 Å². The van der Waals surface area contributed by atoms with Gasteiger partial charge in [-0.15, -0.1) is 11.3 Å². The molecule has 0 saturated heterocycles. The van der Waals surface area contributed by atoms with Crippen LogP contribution in [-0.4, -0.2) is 13.1 Å². The largest absolute Gasteiger partial charge is 0.469 e. The first-order valence-electron chi connectivity index (χ1n) is 4.48. The molecule has 1 aromatic rings. The van der Waals surface area contributed by atoms with Crippen molar-refractivity contribution in [1.29, 1.82) is 5.26 Å². The molecule has 0 aliphatic rings. The van der Waals surface area contributed by atoms with E-state index in [4.69, 9.17) is 11.0 Å². The monoisotopic (exact) mass is 224 g/mol. The van der Waals surface area contributed by atoms with Gasteiger partial charge in [0.25, 0.3) is 0 Å². The summed E-state index contributed by atoms with van der Waals surface area (Å²) in [5.74, 6) is -0.262. The quantitative estimate of drug-likeness (QED) is 0.788. The molecule has 0 bridgehead atoms. The van der Waals surface area contributed by atoms with Crippen LogP contribution >= 0.6 is 11.3 Å². The summed E-state index contributed by atoms with van der Waals surface area (Å²) >= 11 is 1.44. The molecule has 0 aromatic carbocycles. The van der Waals surface area contributed by atoms with E-state index in [1.54, 1.807) is 11.4 Å². The molecule has 1 aromatic heterocycles. The Hall–Kier alpha value is -1.38. The maximum Gasteiger partial charge on any atom is 0.305 e. The minimum Gasteiger partial charge on any atom is -0.469 e. The molecule has 1 atom stereocenters. The topological polar surface area (TPSA) is 76.1 Å². The molecular formula is C10H12N2O2S. The summed E-state index contributed by atoms with van der Waals surface area (Å²) in [5, 5.41) is 10.4. The number of nitrogens with zero attached hydrogens (tertiary/aromatic N) is 1. The Labute approximate surface area is 92.3 Å². The fourth-order valence-electron chi connectivity index (χ4n) is 1.12. The van der Waals surface area contributed by atoms with E-state index < -0.39 is 0 Å². The van der Waals surface area contributed by atoms with Crippen LogP contribution < -0.4 is 5.73 Å². The fourth-order valence-corrected chi connectivity index (χ4v) is 2.00. The van der Waals surface area contributed by atoms with E-state index in [2.05, 4.69) is 4.74 Å². The zero-order chi connectivity index (χ0) is 11.3. The van der Waals surface area contributed by atoms with Gasteiger partial charge in [0.1, 0.15) is 6.07 Å². The van der Waals surface area contributed by atoms with Gasteiger partial charge in [0.05, 0.1) is 12.7 Å². The van der Waals surface area contributed by atoms with Gasteiger partial charge < -0.3 is 10.5 Å². The predicted octanol–water partition coefficient (Wildman–Crippen LogP) is 1.57. The van der Waals surface area contributed by atoms with Gasteiger partial charge in [0.2, 0.25) is 0 Å². The zero-order valence-corrected chi connectivity index (χ0v) is 9.21. The number of hydrogen-bond acceptors (Lipinski definition) is 5. The molecule has 1 rings (SSSR count). The SMILES string of the molecule is COC(=O)CCC(N)c1cc(C#N)cs1. The Kier molecular flexibility index (Phi) is 4.28. The van der Waals surface area contributed by atoms with Crippen LogP contribution in [0.1, 0.15) is 29.3 Å². The van der Waals surface area contributed by atoms with Gasteiger partial charge in [-0.05, 0) is 12.5 Å². The minimum atomic E-state index is -0.262. The molecule has 0 fully saturated rings. The standard InChI is InChI=1S/C10H12N2O2S/c1-14-10(13)3-2-8(12)9-4-7(5-11)6-15-9/h4,6,8H,2-3,12H2,1H3. The summed E-state index contributed by atoms with van der Waals surface area (Å²) in [4.78, 5) is 11.8. The minimum absolute atomic E-state index is 0.198. The van der Waals surface area contributed by atoms with E-state index in [0.29, 0.717) is 18.4 Å². The first-order valence-corrected chi connectivity index (χ1v) is 5.36. The lowest BCUT2D eigenvalue weighted by atomic mass is 10.1. The van der Waals surface area contributed by atoms with Crippen molar-refractivity contribution in [2.45, 2.75) is 18.9 Å². The van der Waals surface area contributed by atoms with Gasteiger partial charge >= 0.3 is 5.97 Å². The lowest BCUT2D eigenvalue weighted by Crippen LogP contribution is -2.11. The number of hydrogen-bond donors (Lipinski definition) is 1. The molecule has 0 radical (unpaired) electrons. The van der Waals surface area contributed by atoms with E-state index in [1.165, 1.54) is 18.4 Å². The predicted molar refractivity (Wildman–Crippen MR) is 57.2 cm³/mol. The summed E-state index contributed by atoms with van der Waals surface area (Å²) < 4.78 is 4.52. The Morgan fingerprint density at radius 3 is 3.07 bits per heavy atom. The van der Waals surface area contributed by atoms with Crippen LogP contribution in [0, 0.1) is 11.3 Å². The van der Waals surface area contributed by atoms with Gasteiger partial charge in [-0.3, -0.25) is 4.79 Å². The lowest BCUT2D eigenvalue weighted by Gasteiger charge is -2.07. The van der Waals surface area contributed by atoms with Crippen molar-refractivity contribution < 1.29 is 9.53 Å². The van der Waals surface area contributed by atoms with Crippen LogP contribution in [0.2, 0.25) is 0 Å². The highest BCUT2D eigenvalue weighted by atomic mass is 32.1. The second-order valence-electron chi connectivity index (χ2n) is 3.07. The van der Waals surface area contributed by atoms with E-state index in [9.17, 15) is 4.79 Å². The highest BCUT2D eigenvalue weighted by Gasteiger charge is 2.11. The molecular weight excluding hydrogens is 212 g/mol. The van der Waals surface area contributed by atoms with Crippen molar-refractivity contribution in [3.05, 3.63) is 21.9 Å². The number of carbonyl (C=O) groups is 1. The molecule has 15 heavy (non-hydrogen) atoms. The van der Waals surface area contributed by atoms with Gasteiger partial charge in [-0.25, -0.2) is 0 Å². The van der Waals surface area contributed by atoms with Crippen molar-refractivity contribution in [1.82, 2.24) is 0 Å². The van der Waals surface area contributed by atoms with Crippen molar-refractivity contribution in [3.63, 3.8) is 0 Å². The Morgan fingerprint density at radius 2 is 2.53 bits per heavy atom. The summed E-state index contributed by atoms with van der Waals surface area (Å²) in [6.45, 7) is 0. The highest BCUT2D eigenvalue weighted by Crippen LogP contribution is 2.23. The van der Waals surface area contributed by atoms with E-state index in [0.717, 1.165) is 4.88 Å². The molecule has 1 heterocycles. The molecule has 4 nitrogen and oxygen atoms in total. The maximum atomic E-state index is 10.9. The summed E-state index contributed by atoms with van der Waals surface area (Å²) in [7, 11) is 1.35. The fraction of sp³-hybridized carbons (Fsp3) is 0.400. The third-order valence-corrected chi connectivity index (χ3v) is 3.07. The first kappa shape index (κ1) is 11.7.